The van der Waals surface area contributed by atoms with Crippen molar-refractivity contribution in [2.45, 2.75) is 32.4 Å². The Kier molecular flexibility index (Phi) is 4.93. The molecule has 0 unspecified atom stereocenters. The number of morpholine rings is 1. The van der Waals surface area contributed by atoms with Gasteiger partial charge in [0.15, 0.2) is 0 Å². The van der Waals surface area contributed by atoms with Gasteiger partial charge in [0.05, 0.1) is 23.7 Å². The van der Waals surface area contributed by atoms with Crippen LogP contribution in [0.25, 0.3) is 11.0 Å². The van der Waals surface area contributed by atoms with Gasteiger partial charge >= 0.3 is 0 Å². The van der Waals surface area contributed by atoms with Crippen LogP contribution >= 0.6 is 0 Å². The molecule has 0 spiro atoms. The summed E-state index contributed by atoms with van der Waals surface area (Å²) in [5.74, 6) is 0.737. The number of ether oxygens (including phenoxy) is 1. The maximum Gasteiger partial charge on any atom is 0.251 e. The highest BCUT2D eigenvalue weighted by Crippen LogP contribution is 2.19. The molecule has 2 N–H and O–H groups in total. The van der Waals surface area contributed by atoms with Crippen LogP contribution in [0.5, 0.6) is 0 Å². The van der Waals surface area contributed by atoms with Crippen molar-refractivity contribution in [3.63, 3.8) is 0 Å². The molecule has 3 rings (SSSR count). The van der Waals surface area contributed by atoms with E-state index in [0.29, 0.717) is 13.2 Å². The molecule has 1 aromatic carbocycles. The number of carbonyl (C=O) groups excluding carboxylic acids is 1. The number of para-hydroxylation sites is 2. The number of fused-ring (bicyclic) bond motifs is 1. The molecule has 6 nitrogen and oxygen atoms in total. The number of nitrogens with one attached hydrogen (secondary N) is 2. The summed E-state index contributed by atoms with van der Waals surface area (Å²) in [4.78, 5) is 22.6. The predicted octanol–water partition coefficient (Wildman–Crippen LogP) is 1.85. The zero-order valence-corrected chi connectivity index (χ0v) is 13.7. The summed E-state index contributed by atoms with van der Waals surface area (Å²) in [6, 6.07) is 7.76. The second kappa shape index (κ2) is 7.10. The van der Waals surface area contributed by atoms with Crippen LogP contribution in [-0.4, -0.2) is 53.1 Å². The van der Waals surface area contributed by atoms with Gasteiger partial charge in [-0.05, 0) is 25.1 Å². The van der Waals surface area contributed by atoms with Gasteiger partial charge < -0.3 is 15.0 Å². The second-order valence-corrected chi connectivity index (χ2v) is 5.86. The number of amides is 1. The van der Waals surface area contributed by atoms with Crippen molar-refractivity contribution < 1.29 is 9.53 Å². The molecule has 1 fully saturated rings. The summed E-state index contributed by atoms with van der Waals surface area (Å²) < 4.78 is 5.63. The lowest BCUT2D eigenvalue weighted by Crippen LogP contribution is -2.50. The van der Waals surface area contributed by atoms with Crippen LogP contribution < -0.4 is 5.32 Å². The van der Waals surface area contributed by atoms with Gasteiger partial charge in [-0.2, -0.15) is 0 Å². The predicted molar refractivity (Wildman–Crippen MR) is 89.1 cm³/mol. The summed E-state index contributed by atoms with van der Waals surface area (Å²) in [6.07, 6.45) is 0.373. The highest BCUT2D eigenvalue weighted by Gasteiger charge is 2.28. The molecule has 124 valence electrons. The molecule has 1 aliphatic heterocycles. The van der Waals surface area contributed by atoms with E-state index in [9.17, 15) is 4.79 Å². The zero-order valence-electron chi connectivity index (χ0n) is 13.7. The Morgan fingerprint density at radius 1 is 1.48 bits per heavy atom. The summed E-state index contributed by atoms with van der Waals surface area (Å²) in [7, 11) is 0. The van der Waals surface area contributed by atoms with E-state index in [4.69, 9.17) is 4.74 Å². The van der Waals surface area contributed by atoms with Crippen molar-refractivity contribution in [2.24, 2.45) is 0 Å². The van der Waals surface area contributed by atoms with Crippen LogP contribution in [0.2, 0.25) is 0 Å². The van der Waals surface area contributed by atoms with Gasteiger partial charge in [-0.15, -0.1) is 0 Å². The number of aromatic nitrogens is 2. The lowest BCUT2D eigenvalue weighted by Gasteiger charge is -2.31. The molecular formula is C17H24N4O2. The maximum absolute atomic E-state index is 12.5. The largest absolute Gasteiger partial charge is 0.366 e. The number of H-pyrrole nitrogens is 1. The zero-order chi connectivity index (χ0) is 16.2. The van der Waals surface area contributed by atoms with Gasteiger partial charge in [0.1, 0.15) is 11.9 Å². The summed E-state index contributed by atoms with van der Waals surface area (Å²) >= 11 is 0. The third-order valence-corrected chi connectivity index (χ3v) is 4.35. The first kappa shape index (κ1) is 16.0. The molecule has 0 saturated carbocycles. The molecule has 1 aromatic heterocycles. The fourth-order valence-electron chi connectivity index (χ4n) is 2.91. The maximum atomic E-state index is 12.5. The number of hydrogen-bond acceptors (Lipinski definition) is 4. The van der Waals surface area contributed by atoms with Crippen LogP contribution in [0.15, 0.2) is 24.3 Å². The van der Waals surface area contributed by atoms with E-state index in [-0.39, 0.29) is 11.9 Å². The average Bonchev–Trinajstić information content (AvgIpc) is 3.03. The standard InChI is InChI=1S/C17H24N4O2/c1-3-12(16-18-13-7-5-6-8-14(13)19-16)20-17(22)15-11-21(4-2)9-10-23-15/h5-8,12,15H,3-4,9-11H2,1-2H3,(H,18,19)(H,20,22)/t12-,15+/m0/s1. The highest BCUT2D eigenvalue weighted by molar-refractivity contribution is 5.82. The number of carbonyl (C=O) groups is 1. The number of hydrogen-bond donors (Lipinski definition) is 2. The van der Waals surface area contributed by atoms with E-state index in [1.165, 1.54) is 0 Å². The number of aromatic amines is 1. The third-order valence-electron chi connectivity index (χ3n) is 4.35. The third kappa shape index (κ3) is 3.54. The summed E-state index contributed by atoms with van der Waals surface area (Å²) in [6.45, 7) is 7.23. The number of imidazole rings is 1. The van der Waals surface area contributed by atoms with E-state index >= 15 is 0 Å². The van der Waals surface area contributed by atoms with Gasteiger partial charge in [0.25, 0.3) is 5.91 Å². The molecule has 1 aliphatic rings. The average molecular weight is 316 g/mol. The molecular weight excluding hydrogens is 292 g/mol. The van der Waals surface area contributed by atoms with Crippen LogP contribution in [0, 0.1) is 0 Å². The highest BCUT2D eigenvalue weighted by atomic mass is 16.5. The van der Waals surface area contributed by atoms with Gasteiger partial charge in [-0.25, -0.2) is 4.98 Å². The van der Waals surface area contributed by atoms with Gasteiger partial charge in [0, 0.05) is 13.1 Å². The minimum absolute atomic E-state index is 0.0598. The first-order valence-corrected chi connectivity index (χ1v) is 8.30. The lowest BCUT2D eigenvalue weighted by atomic mass is 10.2. The fraction of sp³-hybridized carbons (Fsp3) is 0.529. The first-order valence-electron chi connectivity index (χ1n) is 8.30. The fourth-order valence-corrected chi connectivity index (χ4v) is 2.91. The molecule has 6 heteroatoms. The van der Waals surface area contributed by atoms with Crippen LogP contribution in [0.3, 0.4) is 0 Å². The van der Waals surface area contributed by atoms with E-state index in [0.717, 1.165) is 36.4 Å². The topological polar surface area (TPSA) is 70.2 Å². The Morgan fingerprint density at radius 3 is 3.04 bits per heavy atom. The number of rotatable bonds is 5. The Hall–Kier alpha value is -1.92. The molecule has 1 amide bonds. The van der Waals surface area contributed by atoms with Crippen LogP contribution in [-0.2, 0) is 9.53 Å². The lowest BCUT2D eigenvalue weighted by molar-refractivity contribution is -0.139. The van der Waals surface area contributed by atoms with E-state index < -0.39 is 6.10 Å². The molecule has 23 heavy (non-hydrogen) atoms. The van der Waals surface area contributed by atoms with Crippen molar-refractivity contribution >= 4 is 16.9 Å². The van der Waals surface area contributed by atoms with E-state index in [2.05, 4.69) is 27.1 Å². The smallest absolute Gasteiger partial charge is 0.251 e. The molecule has 2 heterocycles. The van der Waals surface area contributed by atoms with Crippen molar-refractivity contribution in [3.05, 3.63) is 30.1 Å². The van der Waals surface area contributed by atoms with Crippen LogP contribution in [0.1, 0.15) is 32.1 Å². The number of benzene rings is 1. The SMILES string of the molecule is CC[C@H](NC(=O)[C@H]1CN(CC)CCO1)c1nc2ccccc2[nH]1. The Bertz CT molecular complexity index is 636. The van der Waals surface area contributed by atoms with Crippen molar-refractivity contribution in [2.75, 3.05) is 26.2 Å². The van der Waals surface area contributed by atoms with Crippen molar-refractivity contribution in [1.29, 1.82) is 0 Å². The first-order chi connectivity index (χ1) is 11.2. The monoisotopic (exact) mass is 316 g/mol. The quantitative estimate of drug-likeness (QED) is 0.883. The summed E-state index contributed by atoms with van der Waals surface area (Å²) in [5, 5.41) is 3.07. The summed E-state index contributed by atoms with van der Waals surface area (Å²) in [5.41, 5.74) is 1.91. The molecule has 1 saturated heterocycles. The molecule has 0 radical (unpaired) electrons. The van der Waals surface area contributed by atoms with Gasteiger partial charge in [-0.1, -0.05) is 26.0 Å². The Balaban J connectivity index is 1.70. The second-order valence-electron chi connectivity index (χ2n) is 5.86. The van der Waals surface area contributed by atoms with Crippen molar-refractivity contribution in [3.8, 4) is 0 Å². The van der Waals surface area contributed by atoms with Crippen molar-refractivity contribution in [1.82, 2.24) is 20.2 Å². The van der Waals surface area contributed by atoms with Crippen LogP contribution in [0.4, 0.5) is 0 Å². The Labute approximate surface area is 136 Å². The molecule has 0 bridgehead atoms. The van der Waals surface area contributed by atoms with E-state index in [1.54, 1.807) is 0 Å². The minimum Gasteiger partial charge on any atom is -0.366 e. The van der Waals surface area contributed by atoms with Gasteiger partial charge in [0.2, 0.25) is 0 Å². The molecule has 2 atom stereocenters. The Morgan fingerprint density at radius 2 is 2.30 bits per heavy atom. The van der Waals surface area contributed by atoms with E-state index in [1.807, 2.05) is 31.2 Å². The number of nitrogens with zero attached hydrogens (tertiary/aromatic N) is 2. The molecule has 2 aromatic rings. The minimum atomic E-state index is -0.401. The molecule has 0 aliphatic carbocycles. The van der Waals surface area contributed by atoms with Gasteiger partial charge in [-0.3, -0.25) is 9.69 Å². The number of likely N-dealkylation sites (N-methyl/N-ethyl adjacent to an activating group) is 1. The normalized spacial score (nSPS) is 20.5.